The van der Waals surface area contributed by atoms with Gasteiger partial charge in [0, 0.05) is 30.4 Å². The topological polar surface area (TPSA) is 116 Å². The first-order chi connectivity index (χ1) is 18.2. The maximum absolute atomic E-state index is 13.2. The van der Waals surface area contributed by atoms with E-state index in [1.165, 1.54) is 4.68 Å². The molecule has 2 amide bonds. The molecule has 0 radical (unpaired) electrons. The molecule has 1 aliphatic heterocycles. The zero-order chi connectivity index (χ0) is 25.5. The van der Waals surface area contributed by atoms with Crippen molar-refractivity contribution in [3.05, 3.63) is 72.6 Å². The van der Waals surface area contributed by atoms with Crippen LogP contribution < -0.4 is 20.2 Å². The number of aromatic nitrogens is 5. The summed E-state index contributed by atoms with van der Waals surface area (Å²) in [5.74, 6) is 2.39. The van der Waals surface area contributed by atoms with E-state index in [0.29, 0.717) is 29.6 Å². The molecule has 0 saturated heterocycles. The smallest absolute Gasteiger partial charge is 0.334 e. The summed E-state index contributed by atoms with van der Waals surface area (Å²) >= 11 is 0. The lowest BCUT2D eigenvalue weighted by molar-refractivity contribution is 0.173. The van der Waals surface area contributed by atoms with E-state index in [-0.39, 0.29) is 18.7 Å². The molecule has 5 rings (SSSR count). The monoisotopic (exact) mass is 499 g/mol. The fourth-order valence-corrected chi connectivity index (χ4v) is 4.35. The van der Waals surface area contributed by atoms with Gasteiger partial charge in [0.25, 0.3) is 0 Å². The van der Waals surface area contributed by atoms with Crippen molar-refractivity contribution in [1.29, 1.82) is 0 Å². The van der Waals surface area contributed by atoms with E-state index in [2.05, 4.69) is 37.8 Å². The third-order valence-corrected chi connectivity index (χ3v) is 6.20. The number of fused-ring (bicyclic) bond motifs is 1. The Hall–Kier alpha value is -4.47. The quantitative estimate of drug-likeness (QED) is 0.303. The van der Waals surface area contributed by atoms with Gasteiger partial charge in [-0.2, -0.15) is 0 Å². The molecule has 10 nitrogen and oxygen atoms in total. The molecule has 2 N–H and O–H groups in total. The normalized spacial score (nSPS) is 12.8. The highest BCUT2D eigenvalue weighted by molar-refractivity contribution is 5.83. The minimum absolute atomic E-state index is 0.0698. The van der Waals surface area contributed by atoms with Crippen molar-refractivity contribution >= 4 is 6.03 Å². The molecule has 37 heavy (non-hydrogen) atoms. The number of hydrogen-bond acceptors (Lipinski definition) is 7. The molecular weight excluding hydrogens is 470 g/mol. The minimum Gasteiger partial charge on any atom is -0.454 e. The van der Waals surface area contributed by atoms with Crippen molar-refractivity contribution in [3.63, 3.8) is 0 Å². The van der Waals surface area contributed by atoms with Gasteiger partial charge in [-0.05, 0) is 36.8 Å². The van der Waals surface area contributed by atoms with Crippen molar-refractivity contribution in [2.45, 2.75) is 38.5 Å². The fraction of sp³-hybridized carbons (Fsp3) is 0.296. The predicted molar refractivity (Wildman–Crippen MR) is 139 cm³/mol. The maximum Gasteiger partial charge on any atom is 0.334 e. The lowest BCUT2D eigenvalue weighted by Crippen LogP contribution is -2.37. The largest absolute Gasteiger partial charge is 0.454 e. The number of rotatable bonds is 10. The van der Waals surface area contributed by atoms with Crippen molar-refractivity contribution in [2.75, 3.05) is 18.8 Å². The third-order valence-electron chi connectivity index (χ3n) is 6.20. The average Bonchev–Trinajstić information content (AvgIpc) is 3.59. The Bertz CT molecular complexity index is 1270. The van der Waals surface area contributed by atoms with Gasteiger partial charge in [0.05, 0.1) is 0 Å². The summed E-state index contributed by atoms with van der Waals surface area (Å²) in [5, 5.41) is 11.6. The van der Waals surface area contributed by atoms with Gasteiger partial charge in [0.15, 0.2) is 11.5 Å². The number of nitrogens with zero attached hydrogens (tertiary/aromatic N) is 5. The van der Waals surface area contributed by atoms with Crippen molar-refractivity contribution in [2.24, 2.45) is 0 Å². The highest BCUT2D eigenvalue weighted by Gasteiger charge is 2.24. The highest BCUT2D eigenvalue weighted by Crippen LogP contribution is 2.40. The molecule has 0 unspecified atom stereocenters. The van der Waals surface area contributed by atoms with E-state index >= 15 is 0 Å². The van der Waals surface area contributed by atoms with Gasteiger partial charge in [0.1, 0.15) is 11.4 Å². The number of carbonyl (C=O) groups excluding carboxylic acids is 1. The van der Waals surface area contributed by atoms with Crippen molar-refractivity contribution in [1.82, 2.24) is 30.2 Å². The summed E-state index contributed by atoms with van der Waals surface area (Å²) in [6.07, 6.45) is 7.54. The van der Waals surface area contributed by atoms with Gasteiger partial charge in [0.2, 0.25) is 18.4 Å². The Kier molecular flexibility index (Phi) is 7.54. The molecule has 0 aliphatic carbocycles. The van der Waals surface area contributed by atoms with E-state index in [1.807, 2.05) is 54.6 Å². The molecule has 4 heterocycles. The number of hydrogen-bond donors (Lipinski definition) is 2. The van der Waals surface area contributed by atoms with Crippen LogP contribution in [0.5, 0.6) is 11.5 Å². The second-order valence-electron chi connectivity index (χ2n) is 8.71. The summed E-state index contributed by atoms with van der Waals surface area (Å²) in [4.78, 5) is 21.9. The first-order valence-electron chi connectivity index (χ1n) is 12.5. The van der Waals surface area contributed by atoms with Crippen LogP contribution in [-0.4, -0.2) is 44.2 Å². The third kappa shape index (κ3) is 5.53. The number of amides is 2. The van der Waals surface area contributed by atoms with Crippen LogP contribution in [0.4, 0.5) is 4.79 Å². The molecule has 0 spiro atoms. The molecule has 1 atom stereocenters. The van der Waals surface area contributed by atoms with Gasteiger partial charge >= 0.3 is 6.03 Å². The zero-order valence-corrected chi connectivity index (χ0v) is 20.6. The molecule has 190 valence electrons. The average molecular weight is 500 g/mol. The molecular formula is C27H29N7O3. The Labute approximate surface area is 215 Å². The first-order valence-corrected chi connectivity index (χ1v) is 12.5. The van der Waals surface area contributed by atoms with Gasteiger partial charge in [-0.15, -0.1) is 10.2 Å². The molecule has 0 fully saturated rings. The van der Waals surface area contributed by atoms with E-state index in [1.54, 1.807) is 12.4 Å². The van der Waals surface area contributed by atoms with Gasteiger partial charge in [-0.1, -0.05) is 50.5 Å². The first kappa shape index (κ1) is 24.2. The number of urea groups is 1. The Morgan fingerprint density at radius 3 is 2.32 bits per heavy atom. The number of benzene rings is 1. The summed E-state index contributed by atoms with van der Waals surface area (Å²) in [6.45, 7) is 2.81. The second kappa shape index (κ2) is 11.5. The summed E-state index contributed by atoms with van der Waals surface area (Å²) < 4.78 is 12.8. The summed E-state index contributed by atoms with van der Waals surface area (Å²) in [6, 6.07) is 16.5. The standard InChI is InChI=1S/C27H29N7O3/c1-2-3-4-10-19(20-11-9-14-23-24(20)37-18-36-23)17-30-27(35)33-34-25(21-12-5-7-15-28-21)31-32-26(34)22-13-6-8-16-29-22/h5-9,11-16,19H,2-4,10,17-18H2,1H3,(H2,30,33,35)/t19-/m0/s1. The van der Waals surface area contributed by atoms with E-state index < -0.39 is 0 Å². The molecule has 1 aromatic carbocycles. The van der Waals surface area contributed by atoms with E-state index in [9.17, 15) is 4.79 Å². The number of unbranched alkanes of at least 4 members (excludes halogenated alkanes) is 2. The van der Waals surface area contributed by atoms with Crippen LogP contribution in [0, 0.1) is 0 Å². The van der Waals surface area contributed by atoms with Gasteiger partial charge in [-0.3, -0.25) is 9.97 Å². The lowest BCUT2D eigenvalue weighted by Gasteiger charge is -2.20. The SMILES string of the molecule is CCCCC[C@@H](CNC(=O)Nn1c(-c2ccccn2)nnc1-c1ccccn1)c1cccc2c1OCO2. The van der Waals surface area contributed by atoms with Gasteiger partial charge < -0.3 is 14.8 Å². The number of nitrogens with one attached hydrogen (secondary N) is 2. The minimum atomic E-state index is -0.389. The van der Waals surface area contributed by atoms with Crippen LogP contribution in [0.1, 0.15) is 44.1 Å². The molecule has 0 bridgehead atoms. The summed E-state index contributed by atoms with van der Waals surface area (Å²) in [5.41, 5.74) is 5.08. The van der Waals surface area contributed by atoms with Crippen LogP contribution in [0.3, 0.4) is 0 Å². The van der Waals surface area contributed by atoms with Crippen LogP contribution in [-0.2, 0) is 0 Å². The van der Waals surface area contributed by atoms with Gasteiger partial charge in [-0.25, -0.2) is 14.9 Å². The number of carbonyl (C=O) groups is 1. The maximum atomic E-state index is 13.2. The Morgan fingerprint density at radius 1 is 0.946 bits per heavy atom. The fourth-order valence-electron chi connectivity index (χ4n) is 4.35. The van der Waals surface area contributed by atoms with Crippen LogP contribution >= 0.6 is 0 Å². The number of ether oxygens (including phenoxy) is 2. The highest BCUT2D eigenvalue weighted by atomic mass is 16.7. The van der Waals surface area contributed by atoms with E-state index in [0.717, 1.165) is 42.7 Å². The van der Waals surface area contributed by atoms with Crippen LogP contribution in [0.2, 0.25) is 0 Å². The number of pyridine rings is 2. The molecule has 10 heteroatoms. The molecule has 1 aliphatic rings. The molecule has 3 aromatic heterocycles. The molecule has 0 saturated carbocycles. The van der Waals surface area contributed by atoms with Crippen molar-refractivity contribution < 1.29 is 14.3 Å². The van der Waals surface area contributed by atoms with Crippen LogP contribution in [0.15, 0.2) is 67.0 Å². The van der Waals surface area contributed by atoms with E-state index in [4.69, 9.17) is 9.47 Å². The Morgan fingerprint density at radius 2 is 1.68 bits per heavy atom. The summed E-state index contributed by atoms with van der Waals surface area (Å²) in [7, 11) is 0. The lowest BCUT2D eigenvalue weighted by atomic mass is 9.92. The predicted octanol–water partition coefficient (Wildman–Crippen LogP) is 4.75. The molecule has 4 aromatic rings. The number of para-hydroxylation sites is 1. The zero-order valence-electron chi connectivity index (χ0n) is 20.6. The van der Waals surface area contributed by atoms with Crippen LogP contribution in [0.25, 0.3) is 23.0 Å². The Balaban J connectivity index is 1.36. The second-order valence-corrected chi connectivity index (χ2v) is 8.71. The van der Waals surface area contributed by atoms with Crippen molar-refractivity contribution in [3.8, 4) is 34.5 Å².